The molecule has 1 unspecified atom stereocenters. The predicted octanol–water partition coefficient (Wildman–Crippen LogP) is 4.65. The Hall–Kier alpha value is -2.33. The first-order chi connectivity index (χ1) is 12.6. The van der Waals surface area contributed by atoms with Crippen LogP contribution < -0.4 is 4.90 Å². The molecular weight excluding hydrogens is 346 g/mol. The van der Waals surface area contributed by atoms with E-state index in [1.165, 1.54) is 5.57 Å². The Morgan fingerprint density at radius 2 is 2.19 bits per heavy atom. The number of rotatable bonds is 3. The number of fused-ring (bicyclic) bond motifs is 1. The summed E-state index contributed by atoms with van der Waals surface area (Å²) >= 11 is 6.13. The molecule has 0 saturated carbocycles. The molecule has 0 N–H and O–H groups in total. The highest BCUT2D eigenvalue weighted by Gasteiger charge is 2.29. The van der Waals surface area contributed by atoms with Crippen molar-refractivity contribution in [2.75, 3.05) is 11.4 Å². The Labute approximate surface area is 158 Å². The van der Waals surface area contributed by atoms with Gasteiger partial charge in [-0.2, -0.15) is 0 Å². The summed E-state index contributed by atoms with van der Waals surface area (Å²) in [6.07, 6.45) is 11.5. The van der Waals surface area contributed by atoms with Crippen LogP contribution in [0.25, 0.3) is 0 Å². The fraction of sp³-hybridized carbons (Fsp3) is 0.333. The second-order valence-electron chi connectivity index (χ2n) is 7.18. The molecule has 0 saturated heterocycles. The number of halogens is 1. The van der Waals surface area contributed by atoms with Gasteiger partial charge in [-0.15, -0.1) is 0 Å². The smallest absolute Gasteiger partial charge is 0.294 e. The Morgan fingerprint density at radius 1 is 1.31 bits per heavy atom. The topological polar surface area (TPSA) is 38.1 Å². The molecule has 2 heterocycles. The number of allylic oxidation sites excluding steroid dienone is 4. The van der Waals surface area contributed by atoms with Crippen molar-refractivity contribution in [3.8, 4) is 0 Å². The van der Waals surface area contributed by atoms with Gasteiger partial charge in [-0.05, 0) is 37.0 Å². The summed E-state index contributed by atoms with van der Waals surface area (Å²) in [7, 11) is 0. The van der Waals surface area contributed by atoms with Gasteiger partial charge < -0.3 is 9.47 Å². The van der Waals surface area contributed by atoms with Gasteiger partial charge in [0.25, 0.3) is 5.91 Å². The summed E-state index contributed by atoms with van der Waals surface area (Å²) < 4.78 is 2.02. The Kier molecular flexibility index (Phi) is 4.68. The zero-order valence-corrected chi connectivity index (χ0v) is 15.6. The van der Waals surface area contributed by atoms with E-state index in [4.69, 9.17) is 16.6 Å². The van der Waals surface area contributed by atoms with Gasteiger partial charge >= 0.3 is 0 Å². The maximum absolute atomic E-state index is 13.2. The first-order valence-electron chi connectivity index (χ1n) is 9.08. The Balaban J connectivity index is 1.65. The summed E-state index contributed by atoms with van der Waals surface area (Å²) in [5, 5.41) is 0.633. The van der Waals surface area contributed by atoms with Crippen LogP contribution in [0.4, 0.5) is 5.69 Å². The van der Waals surface area contributed by atoms with Crippen molar-refractivity contribution >= 4 is 23.2 Å². The predicted molar refractivity (Wildman–Crippen MR) is 105 cm³/mol. The van der Waals surface area contributed by atoms with Gasteiger partial charge in [-0.3, -0.25) is 4.79 Å². The Bertz CT molecular complexity index is 896. The van der Waals surface area contributed by atoms with E-state index in [2.05, 4.69) is 25.2 Å². The lowest BCUT2D eigenvalue weighted by Crippen LogP contribution is -2.33. The van der Waals surface area contributed by atoms with E-state index in [-0.39, 0.29) is 5.91 Å². The minimum absolute atomic E-state index is 0.0552. The van der Waals surface area contributed by atoms with Crippen molar-refractivity contribution < 1.29 is 4.79 Å². The first kappa shape index (κ1) is 17.1. The van der Waals surface area contributed by atoms with E-state index in [1.54, 1.807) is 4.90 Å². The van der Waals surface area contributed by atoms with E-state index in [9.17, 15) is 4.79 Å². The molecule has 2 aliphatic rings. The normalized spacial score (nSPS) is 19.9. The maximum atomic E-state index is 13.2. The van der Waals surface area contributed by atoms with Crippen LogP contribution in [0, 0.1) is 5.92 Å². The van der Waals surface area contributed by atoms with Crippen LogP contribution in [-0.4, -0.2) is 22.0 Å². The molecule has 134 valence electrons. The molecular formula is C21H22ClN3O. The third kappa shape index (κ3) is 3.47. The van der Waals surface area contributed by atoms with E-state index >= 15 is 0 Å². The van der Waals surface area contributed by atoms with Crippen LogP contribution in [0.2, 0.25) is 5.02 Å². The fourth-order valence-corrected chi connectivity index (χ4v) is 3.86. The third-order valence-electron chi connectivity index (χ3n) is 4.89. The third-order valence-corrected chi connectivity index (χ3v) is 5.13. The van der Waals surface area contributed by atoms with Crippen molar-refractivity contribution in [1.82, 2.24) is 9.55 Å². The average molecular weight is 368 g/mol. The molecule has 26 heavy (non-hydrogen) atoms. The van der Waals surface area contributed by atoms with E-state index in [0.29, 0.717) is 23.3 Å². The summed E-state index contributed by atoms with van der Waals surface area (Å²) in [6.45, 7) is 3.62. The van der Waals surface area contributed by atoms with Gasteiger partial charge in [0.15, 0.2) is 5.82 Å². The van der Waals surface area contributed by atoms with E-state index < -0.39 is 0 Å². The second-order valence-corrected chi connectivity index (χ2v) is 7.61. The van der Waals surface area contributed by atoms with Gasteiger partial charge in [-0.25, -0.2) is 4.98 Å². The molecule has 0 radical (unpaired) electrons. The van der Waals surface area contributed by atoms with Crippen LogP contribution in [0.15, 0.2) is 54.3 Å². The fourth-order valence-electron chi connectivity index (χ4n) is 3.67. The number of nitrogens with zero attached hydrogens (tertiary/aromatic N) is 3. The lowest BCUT2D eigenvalue weighted by atomic mass is 10.0. The van der Waals surface area contributed by atoms with Crippen molar-refractivity contribution in [2.24, 2.45) is 5.92 Å². The summed E-state index contributed by atoms with van der Waals surface area (Å²) in [5.74, 6) is 0.801. The highest BCUT2D eigenvalue weighted by Crippen LogP contribution is 2.26. The zero-order valence-electron chi connectivity index (χ0n) is 14.9. The molecule has 4 rings (SSSR count). The minimum atomic E-state index is -0.0552. The van der Waals surface area contributed by atoms with Gasteiger partial charge in [-0.1, -0.05) is 48.4 Å². The number of carbonyl (C=O) groups excluding carboxylic acids is 1. The molecule has 0 fully saturated rings. The number of imidazole rings is 1. The largest absolute Gasteiger partial charge is 0.326 e. The number of carbonyl (C=O) groups is 1. The summed E-state index contributed by atoms with van der Waals surface area (Å²) in [4.78, 5) is 19.7. The van der Waals surface area contributed by atoms with Gasteiger partial charge in [0.2, 0.25) is 0 Å². The van der Waals surface area contributed by atoms with E-state index in [1.807, 2.05) is 35.0 Å². The lowest BCUT2D eigenvalue weighted by molar-refractivity contribution is 0.0977. The number of anilines is 1. The van der Waals surface area contributed by atoms with Crippen LogP contribution in [0.5, 0.6) is 0 Å². The van der Waals surface area contributed by atoms with Crippen molar-refractivity contribution in [2.45, 2.75) is 32.7 Å². The zero-order chi connectivity index (χ0) is 18.1. The molecule has 2 aromatic rings. The molecule has 1 aliphatic carbocycles. The molecule has 1 amide bonds. The molecule has 0 spiro atoms. The van der Waals surface area contributed by atoms with Crippen LogP contribution in [-0.2, 0) is 13.0 Å². The van der Waals surface area contributed by atoms with E-state index in [0.717, 1.165) is 37.2 Å². The van der Waals surface area contributed by atoms with Crippen LogP contribution >= 0.6 is 11.6 Å². The monoisotopic (exact) mass is 367 g/mol. The SMILES string of the molecule is CC1CN(c2cccc(Cl)c2)C(=O)c2nc(CC3=CC=CCC3)cn2C1. The number of benzene rings is 1. The van der Waals surface area contributed by atoms with Crippen molar-refractivity contribution in [3.05, 3.63) is 70.8 Å². The van der Waals surface area contributed by atoms with Gasteiger partial charge in [0.1, 0.15) is 0 Å². The average Bonchev–Trinajstić information content (AvgIpc) is 2.97. The molecule has 5 heteroatoms. The Morgan fingerprint density at radius 3 is 2.96 bits per heavy atom. The highest BCUT2D eigenvalue weighted by atomic mass is 35.5. The standard InChI is InChI=1S/C21H22ClN3O/c1-15-12-24-14-18(10-16-6-3-2-4-7-16)23-20(24)21(26)25(13-15)19-9-5-8-17(22)11-19/h2-3,5-6,8-9,11,14-15H,4,7,10,12-13H2,1H3. The van der Waals surface area contributed by atoms with Crippen LogP contribution in [0.3, 0.4) is 0 Å². The summed E-state index contributed by atoms with van der Waals surface area (Å²) in [5.41, 5.74) is 3.16. The first-order valence-corrected chi connectivity index (χ1v) is 9.46. The molecule has 1 aliphatic heterocycles. The maximum Gasteiger partial charge on any atom is 0.294 e. The molecule has 0 bridgehead atoms. The highest BCUT2D eigenvalue weighted by molar-refractivity contribution is 6.31. The van der Waals surface area contributed by atoms with Crippen LogP contribution in [0.1, 0.15) is 36.1 Å². The molecule has 1 atom stereocenters. The number of hydrogen-bond donors (Lipinski definition) is 0. The van der Waals surface area contributed by atoms with Crippen molar-refractivity contribution in [3.63, 3.8) is 0 Å². The second kappa shape index (κ2) is 7.12. The minimum Gasteiger partial charge on any atom is -0.326 e. The lowest BCUT2D eigenvalue weighted by Gasteiger charge is -2.22. The molecule has 1 aromatic carbocycles. The van der Waals surface area contributed by atoms with Gasteiger partial charge in [0, 0.05) is 36.4 Å². The van der Waals surface area contributed by atoms with Crippen molar-refractivity contribution in [1.29, 1.82) is 0 Å². The summed E-state index contributed by atoms with van der Waals surface area (Å²) in [6, 6.07) is 7.46. The number of amides is 1. The quantitative estimate of drug-likeness (QED) is 0.791. The number of aromatic nitrogens is 2. The molecule has 1 aromatic heterocycles. The number of hydrogen-bond acceptors (Lipinski definition) is 2. The van der Waals surface area contributed by atoms with Gasteiger partial charge in [0.05, 0.1) is 5.69 Å². The molecule has 4 nitrogen and oxygen atoms in total.